The van der Waals surface area contributed by atoms with Crippen LogP contribution in [0.3, 0.4) is 0 Å². The maximum absolute atomic E-state index is 12.5. The molecular weight excluding hydrogens is 402 g/mol. The van der Waals surface area contributed by atoms with Crippen LogP contribution in [-0.2, 0) is 17.6 Å². The molecule has 0 atom stereocenters. The van der Waals surface area contributed by atoms with Gasteiger partial charge >= 0.3 is 0 Å². The molecule has 166 valence electrons. The van der Waals surface area contributed by atoms with Gasteiger partial charge < -0.3 is 15.0 Å². The summed E-state index contributed by atoms with van der Waals surface area (Å²) in [6.45, 7) is 4.30. The maximum atomic E-state index is 12.5. The molecule has 7 nitrogen and oxygen atoms in total. The van der Waals surface area contributed by atoms with Crippen molar-refractivity contribution in [1.82, 2.24) is 20.3 Å². The summed E-state index contributed by atoms with van der Waals surface area (Å²) >= 11 is 0. The van der Waals surface area contributed by atoms with Crippen molar-refractivity contribution in [1.29, 1.82) is 0 Å². The van der Waals surface area contributed by atoms with Gasteiger partial charge in [-0.25, -0.2) is 9.97 Å². The van der Waals surface area contributed by atoms with Crippen molar-refractivity contribution in [3.8, 4) is 11.6 Å². The Balaban J connectivity index is 1.26. The lowest BCUT2D eigenvalue weighted by molar-refractivity contribution is -0.125. The molecule has 1 amide bonds. The zero-order valence-electron chi connectivity index (χ0n) is 18.4. The van der Waals surface area contributed by atoms with Gasteiger partial charge in [0.25, 0.3) is 0 Å². The van der Waals surface area contributed by atoms with E-state index in [0.29, 0.717) is 12.4 Å². The van der Waals surface area contributed by atoms with Crippen LogP contribution in [0, 0.1) is 5.92 Å². The highest BCUT2D eigenvalue weighted by molar-refractivity contribution is 5.79. The Hall–Kier alpha value is -3.48. The number of anilines is 1. The molecule has 0 unspecified atom stereocenters. The molecule has 0 aliphatic carbocycles. The minimum Gasteiger partial charge on any atom is -0.439 e. The molecule has 3 aromatic rings. The fourth-order valence-corrected chi connectivity index (χ4v) is 3.85. The molecule has 1 aliphatic rings. The summed E-state index contributed by atoms with van der Waals surface area (Å²) in [5.74, 6) is 2.27. The molecule has 1 fully saturated rings. The minimum atomic E-state index is 0.0321. The van der Waals surface area contributed by atoms with Crippen molar-refractivity contribution in [2.75, 3.05) is 24.5 Å². The lowest BCUT2D eigenvalue weighted by Gasteiger charge is -2.32. The molecule has 1 aromatic carbocycles. The van der Waals surface area contributed by atoms with E-state index in [0.717, 1.165) is 56.0 Å². The molecule has 7 heteroatoms. The predicted octanol–water partition coefficient (Wildman–Crippen LogP) is 3.80. The Bertz CT molecular complexity index is 1000. The van der Waals surface area contributed by atoms with Crippen molar-refractivity contribution in [3.63, 3.8) is 0 Å². The van der Waals surface area contributed by atoms with E-state index in [1.807, 2.05) is 36.4 Å². The van der Waals surface area contributed by atoms with Gasteiger partial charge in [0.05, 0.1) is 0 Å². The lowest BCUT2D eigenvalue weighted by Crippen LogP contribution is -2.41. The molecule has 0 bridgehead atoms. The molecular formula is C25H29N5O2. The normalized spacial score (nSPS) is 14.2. The van der Waals surface area contributed by atoms with Gasteiger partial charge in [0, 0.05) is 49.9 Å². The van der Waals surface area contributed by atoms with Crippen LogP contribution < -0.4 is 15.0 Å². The zero-order valence-corrected chi connectivity index (χ0v) is 18.4. The number of carbonyl (C=O) groups excluding carboxylic acids is 1. The van der Waals surface area contributed by atoms with E-state index in [-0.39, 0.29) is 11.8 Å². The van der Waals surface area contributed by atoms with Gasteiger partial charge in [0.1, 0.15) is 17.9 Å². The largest absolute Gasteiger partial charge is 0.439 e. The van der Waals surface area contributed by atoms with Gasteiger partial charge in [-0.1, -0.05) is 25.1 Å². The number of hydrogen-bond acceptors (Lipinski definition) is 6. The number of rotatable bonds is 8. The van der Waals surface area contributed by atoms with Crippen LogP contribution >= 0.6 is 0 Å². The summed E-state index contributed by atoms with van der Waals surface area (Å²) in [7, 11) is 0. The second-order valence-electron chi connectivity index (χ2n) is 7.94. The smallest absolute Gasteiger partial charge is 0.224 e. The molecule has 3 heterocycles. The monoisotopic (exact) mass is 431 g/mol. The SMILES string of the molecule is CCc1ccc(Oc2cc(N3CCC(C(=O)NCCc4ccccn4)CC3)ncn2)cc1. The van der Waals surface area contributed by atoms with E-state index >= 15 is 0 Å². The number of nitrogens with zero attached hydrogens (tertiary/aromatic N) is 4. The summed E-state index contributed by atoms with van der Waals surface area (Å²) in [6, 6.07) is 15.7. The highest BCUT2D eigenvalue weighted by Gasteiger charge is 2.25. The van der Waals surface area contributed by atoms with Crippen LogP contribution in [0.25, 0.3) is 0 Å². The fourth-order valence-electron chi connectivity index (χ4n) is 3.85. The number of aryl methyl sites for hydroxylation is 1. The third-order valence-electron chi connectivity index (χ3n) is 5.78. The molecule has 0 spiro atoms. The Morgan fingerprint density at radius 2 is 1.91 bits per heavy atom. The number of nitrogens with one attached hydrogen (secondary N) is 1. The molecule has 1 saturated heterocycles. The number of ether oxygens (including phenoxy) is 1. The summed E-state index contributed by atoms with van der Waals surface area (Å²) in [6.07, 6.45) is 6.65. The highest BCUT2D eigenvalue weighted by atomic mass is 16.5. The number of amides is 1. The van der Waals surface area contributed by atoms with Gasteiger partial charge in [-0.05, 0) is 49.1 Å². The van der Waals surface area contributed by atoms with Gasteiger partial charge in [-0.2, -0.15) is 0 Å². The Labute approximate surface area is 188 Å². The third-order valence-corrected chi connectivity index (χ3v) is 5.78. The standard InChI is InChI=1S/C25H29N5O2/c1-2-19-6-8-22(9-7-19)32-24-17-23(28-18-29-24)30-15-11-20(12-16-30)25(31)27-14-10-21-5-3-4-13-26-21/h3-9,13,17-18,20H,2,10-12,14-16H2,1H3,(H,27,31). The van der Waals surface area contributed by atoms with E-state index in [1.54, 1.807) is 6.20 Å². The summed E-state index contributed by atoms with van der Waals surface area (Å²) in [5.41, 5.74) is 2.26. The zero-order chi connectivity index (χ0) is 22.2. The van der Waals surface area contributed by atoms with Crippen LogP contribution in [0.1, 0.15) is 31.0 Å². The Morgan fingerprint density at radius 3 is 2.62 bits per heavy atom. The van der Waals surface area contributed by atoms with E-state index in [9.17, 15) is 4.79 Å². The molecule has 2 aromatic heterocycles. The molecule has 0 saturated carbocycles. The summed E-state index contributed by atoms with van der Waals surface area (Å²) in [5, 5.41) is 3.06. The van der Waals surface area contributed by atoms with Crippen molar-refractivity contribution < 1.29 is 9.53 Å². The molecule has 1 aliphatic heterocycles. The molecule has 32 heavy (non-hydrogen) atoms. The van der Waals surface area contributed by atoms with Crippen LogP contribution in [0.15, 0.2) is 61.1 Å². The maximum Gasteiger partial charge on any atom is 0.224 e. The number of hydrogen-bond donors (Lipinski definition) is 1. The van der Waals surface area contributed by atoms with Crippen molar-refractivity contribution in [3.05, 3.63) is 72.3 Å². The van der Waals surface area contributed by atoms with E-state index in [4.69, 9.17) is 4.74 Å². The second-order valence-corrected chi connectivity index (χ2v) is 7.94. The molecule has 0 radical (unpaired) electrons. The van der Waals surface area contributed by atoms with Crippen molar-refractivity contribution >= 4 is 11.7 Å². The first-order valence-electron chi connectivity index (χ1n) is 11.2. The van der Waals surface area contributed by atoms with Crippen LogP contribution in [-0.4, -0.2) is 40.5 Å². The van der Waals surface area contributed by atoms with E-state index in [2.05, 4.69) is 44.2 Å². The number of piperidine rings is 1. The Morgan fingerprint density at radius 1 is 1.09 bits per heavy atom. The Kier molecular flexibility index (Phi) is 7.27. The van der Waals surface area contributed by atoms with Crippen LogP contribution in [0.5, 0.6) is 11.6 Å². The van der Waals surface area contributed by atoms with Gasteiger partial charge in [0.2, 0.25) is 11.8 Å². The minimum absolute atomic E-state index is 0.0321. The summed E-state index contributed by atoms with van der Waals surface area (Å²) < 4.78 is 5.90. The predicted molar refractivity (Wildman–Crippen MR) is 124 cm³/mol. The van der Waals surface area contributed by atoms with Crippen molar-refractivity contribution in [2.45, 2.75) is 32.6 Å². The second kappa shape index (κ2) is 10.7. The fraction of sp³-hybridized carbons (Fsp3) is 0.360. The average Bonchev–Trinajstić information content (AvgIpc) is 2.85. The third kappa shape index (κ3) is 5.81. The first-order valence-corrected chi connectivity index (χ1v) is 11.2. The number of pyridine rings is 1. The van der Waals surface area contributed by atoms with Gasteiger partial charge in [-0.15, -0.1) is 0 Å². The number of benzene rings is 1. The van der Waals surface area contributed by atoms with E-state index < -0.39 is 0 Å². The number of carbonyl (C=O) groups is 1. The average molecular weight is 432 g/mol. The number of aromatic nitrogens is 3. The first-order chi connectivity index (χ1) is 15.7. The molecule has 1 N–H and O–H groups in total. The summed E-state index contributed by atoms with van der Waals surface area (Å²) in [4.78, 5) is 27.7. The van der Waals surface area contributed by atoms with Gasteiger partial charge in [0.15, 0.2) is 0 Å². The first kappa shape index (κ1) is 21.7. The van der Waals surface area contributed by atoms with Gasteiger partial charge in [-0.3, -0.25) is 9.78 Å². The van der Waals surface area contributed by atoms with Crippen LogP contribution in [0.2, 0.25) is 0 Å². The van der Waals surface area contributed by atoms with E-state index in [1.165, 1.54) is 11.9 Å². The molecule has 4 rings (SSSR count). The topological polar surface area (TPSA) is 80.2 Å². The quantitative estimate of drug-likeness (QED) is 0.584. The highest BCUT2D eigenvalue weighted by Crippen LogP contribution is 2.26. The lowest BCUT2D eigenvalue weighted by atomic mass is 9.96. The van der Waals surface area contributed by atoms with Crippen molar-refractivity contribution in [2.24, 2.45) is 5.92 Å². The van der Waals surface area contributed by atoms with Crippen LogP contribution in [0.4, 0.5) is 5.82 Å².